The van der Waals surface area contributed by atoms with Crippen molar-refractivity contribution in [3.8, 4) is 11.5 Å². The molecule has 1 heterocycles. The molecule has 1 N–H and O–H groups in total. The zero-order valence-electron chi connectivity index (χ0n) is 7.65. The van der Waals surface area contributed by atoms with Gasteiger partial charge in [-0.25, -0.2) is 4.79 Å². The number of nitrogens with zero attached hydrogens (tertiary/aromatic N) is 2. The number of carboxylic acids is 1. The van der Waals surface area contributed by atoms with Crippen molar-refractivity contribution in [3.63, 3.8) is 0 Å². The Kier molecular flexibility index (Phi) is 2.80. The summed E-state index contributed by atoms with van der Waals surface area (Å²) in [7, 11) is 0. The van der Waals surface area contributed by atoms with Gasteiger partial charge in [-0.05, 0) is 18.2 Å². The van der Waals surface area contributed by atoms with Gasteiger partial charge in [-0.2, -0.15) is 0 Å². The summed E-state index contributed by atoms with van der Waals surface area (Å²) in [5, 5.41) is 16.3. The molecule has 2 aromatic rings. The summed E-state index contributed by atoms with van der Waals surface area (Å²) in [5.41, 5.74) is 0.470. The quantitative estimate of drug-likeness (QED) is 0.897. The van der Waals surface area contributed by atoms with Crippen molar-refractivity contribution in [3.05, 3.63) is 34.1 Å². The van der Waals surface area contributed by atoms with Gasteiger partial charge in [-0.3, -0.25) is 0 Å². The standard InChI is InChI=1S/C9H4Cl2N2O3/c10-5-1-4(2-6(11)3-5)7-12-13-8(16-7)9(14)15/h1-3H,(H,14,15). The lowest BCUT2D eigenvalue weighted by Gasteiger charge is -1.97. The van der Waals surface area contributed by atoms with Crippen molar-refractivity contribution in [2.24, 2.45) is 0 Å². The Morgan fingerprint density at radius 3 is 2.31 bits per heavy atom. The predicted molar refractivity (Wildman–Crippen MR) is 56.7 cm³/mol. The van der Waals surface area contributed by atoms with Crippen LogP contribution in [0.5, 0.6) is 0 Å². The highest BCUT2D eigenvalue weighted by Gasteiger charge is 2.14. The van der Waals surface area contributed by atoms with Crippen LogP contribution in [-0.4, -0.2) is 21.3 Å². The molecule has 0 radical (unpaired) electrons. The third kappa shape index (κ3) is 2.15. The minimum absolute atomic E-state index is 0.0572. The van der Waals surface area contributed by atoms with Gasteiger partial charge in [0.2, 0.25) is 5.89 Å². The fourth-order valence-electron chi connectivity index (χ4n) is 1.10. The highest BCUT2D eigenvalue weighted by molar-refractivity contribution is 6.35. The summed E-state index contributed by atoms with van der Waals surface area (Å²) in [6.45, 7) is 0. The Morgan fingerprint density at radius 2 is 1.81 bits per heavy atom. The van der Waals surface area contributed by atoms with Crippen LogP contribution in [-0.2, 0) is 0 Å². The predicted octanol–water partition coefficient (Wildman–Crippen LogP) is 2.74. The maximum atomic E-state index is 10.5. The van der Waals surface area contributed by atoms with Crippen LogP contribution >= 0.6 is 23.2 Å². The summed E-state index contributed by atoms with van der Waals surface area (Å²) in [6.07, 6.45) is 0. The molecule has 0 amide bonds. The maximum Gasteiger partial charge on any atom is 0.393 e. The van der Waals surface area contributed by atoms with E-state index in [0.29, 0.717) is 15.6 Å². The van der Waals surface area contributed by atoms with Crippen LogP contribution in [0, 0.1) is 0 Å². The lowest BCUT2D eigenvalue weighted by Crippen LogP contribution is -1.95. The SMILES string of the molecule is O=C(O)c1nnc(-c2cc(Cl)cc(Cl)c2)o1. The molecule has 0 spiro atoms. The molecule has 0 fully saturated rings. The van der Waals surface area contributed by atoms with E-state index in [2.05, 4.69) is 10.2 Å². The van der Waals surface area contributed by atoms with Crippen LogP contribution in [0.4, 0.5) is 0 Å². The average molecular weight is 259 g/mol. The van der Waals surface area contributed by atoms with Crippen LogP contribution in [0.15, 0.2) is 22.6 Å². The monoisotopic (exact) mass is 258 g/mol. The van der Waals surface area contributed by atoms with Crippen LogP contribution in [0.3, 0.4) is 0 Å². The average Bonchev–Trinajstić information content (AvgIpc) is 2.64. The van der Waals surface area contributed by atoms with Crippen LogP contribution in [0.2, 0.25) is 10.0 Å². The Hall–Kier alpha value is -1.59. The summed E-state index contributed by atoms with van der Waals surface area (Å²) in [4.78, 5) is 10.5. The van der Waals surface area contributed by atoms with E-state index in [9.17, 15) is 4.79 Å². The van der Waals surface area contributed by atoms with E-state index in [4.69, 9.17) is 32.7 Å². The normalized spacial score (nSPS) is 10.4. The fourth-order valence-corrected chi connectivity index (χ4v) is 1.63. The summed E-state index contributed by atoms with van der Waals surface area (Å²) < 4.78 is 4.90. The Labute approximate surface area is 99.6 Å². The van der Waals surface area contributed by atoms with Gasteiger partial charge in [0, 0.05) is 15.6 Å². The molecule has 0 aliphatic rings. The highest BCUT2D eigenvalue weighted by Crippen LogP contribution is 2.26. The van der Waals surface area contributed by atoms with Crippen LogP contribution in [0.1, 0.15) is 10.7 Å². The summed E-state index contributed by atoms with van der Waals surface area (Å²) in [6, 6.07) is 4.64. The van der Waals surface area contributed by atoms with E-state index in [0.717, 1.165) is 0 Å². The van der Waals surface area contributed by atoms with Gasteiger partial charge in [0.05, 0.1) is 0 Å². The largest absolute Gasteiger partial charge is 0.474 e. The third-order valence-electron chi connectivity index (χ3n) is 1.72. The van der Waals surface area contributed by atoms with E-state index < -0.39 is 11.9 Å². The van der Waals surface area contributed by atoms with Gasteiger partial charge >= 0.3 is 11.9 Å². The van der Waals surface area contributed by atoms with Crippen LogP contribution in [0.25, 0.3) is 11.5 Å². The van der Waals surface area contributed by atoms with Gasteiger partial charge in [-0.1, -0.05) is 23.2 Å². The molecule has 16 heavy (non-hydrogen) atoms. The number of hydrogen-bond donors (Lipinski definition) is 1. The molecule has 5 nitrogen and oxygen atoms in total. The lowest BCUT2D eigenvalue weighted by molar-refractivity contribution is 0.0654. The molecule has 82 valence electrons. The van der Waals surface area contributed by atoms with E-state index in [-0.39, 0.29) is 5.89 Å². The molecule has 0 saturated heterocycles. The second-order valence-electron chi connectivity index (χ2n) is 2.88. The third-order valence-corrected chi connectivity index (χ3v) is 2.15. The van der Waals surface area contributed by atoms with Crippen molar-refractivity contribution in [1.29, 1.82) is 0 Å². The molecule has 1 aromatic heterocycles. The first-order chi connectivity index (χ1) is 7.56. The zero-order chi connectivity index (χ0) is 11.7. The molecule has 0 bridgehead atoms. The number of benzene rings is 1. The molecule has 0 aliphatic heterocycles. The lowest BCUT2D eigenvalue weighted by atomic mass is 10.2. The van der Waals surface area contributed by atoms with Gasteiger partial charge in [0.25, 0.3) is 0 Å². The van der Waals surface area contributed by atoms with E-state index in [1.165, 1.54) is 0 Å². The van der Waals surface area contributed by atoms with Crippen molar-refractivity contribution < 1.29 is 14.3 Å². The number of carbonyl (C=O) groups is 1. The minimum atomic E-state index is -1.29. The second-order valence-corrected chi connectivity index (χ2v) is 3.75. The number of carboxylic acid groups (broad SMARTS) is 1. The Balaban J connectivity index is 2.46. The smallest absolute Gasteiger partial charge is 0.393 e. The number of halogens is 2. The minimum Gasteiger partial charge on any atom is -0.474 e. The van der Waals surface area contributed by atoms with Gasteiger partial charge in [-0.15, -0.1) is 10.2 Å². The van der Waals surface area contributed by atoms with Gasteiger partial charge in [0.1, 0.15) is 0 Å². The second kappa shape index (κ2) is 4.11. The van der Waals surface area contributed by atoms with Crippen LogP contribution < -0.4 is 0 Å². The van der Waals surface area contributed by atoms with Crippen molar-refractivity contribution in [2.45, 2.75) is 0 Å². The fraction of sp³-hybridized carbons (Fsp3) is 0. The van der Waals surface area contributed by atoms with E-state index in [1.54, 1.807) is 18.2 Å². The molecular formula is C9H4Cl2N2O3. The number of aromatic nitrogens is 2. The maximum absolute atomic E-state index is 10.5. The number of rotatable bonds is 2. The molecule has 0 aliphatic carbocycles. The molecule has 0 atom stereocenters. The van der Waals surface area contributed by atoms with Gasteiger partial charge in [0.15, 0.2) is 0 Å². The van der Waals surface area contributed by atoms with E-state index >= 15 is 0 Å². The summed E-state index contributed by atoms with van der Waals surface area (Å²) >= 11 is 11.6. The van der Waals surface area contributed by atoms with Crippen molar-refractivity contribution in [1.82, 2.24) is 10.2 Å². The first-order valence-electron chi connectivity index (χ1n) is 4.09. The molecule has 0 unspecified atom stereocenters. The molecule has 2 rings (SSSR count). The molecular weight excluding hydrogens is 255 g/mol. The molecule has 1 aromatic carbocycles. The van der Waals surface area contributed by atoms with Gasteiger partial charge < -0.3 is 9.52 Å². The van der Waals surface area contributed by atoms with E-state index in [1.807, 2.05) is 0 Å². The Morgan fingerprint density at radius 1 is 1.19 bits per heavy atom. The Bertz CT molecular complexity index is 533. The first-order valence-corrected chi connectivity index (χ1v) is 4.85. The van der Waals surface area contributed by atoms with Crippen molar-refractivity contribution in [2.75, 3.05) is 0 Å². The summed E-state index contributed by atoms with van der Waals surface area (Å²) in [5.74, 6) is -1.71. The molecule has 7 heteroatoms. The van der Waals surface area contributed by atoms with Crippen molar-refractivity contribution >= 4 is 29.2 Å². The number of aromatic carboxylic acids is 1. The zero-order valence-corrected chi connectivity index (χ0v) is 9.16. The topological polar surface area (TPSA) is 76.2 Å². The highest BCUT2D eigenvalue weighted by atomic mass is 35.5. The number of hydrogen-bond acceptors (Lipinski definition) is 4. The first kappa shape index (κ1) is 10.9. The molecule has 0 saturated carbocycles.